The second-order valence-electron chi connectivity index (χ2n) is 3.64. The standard InChI is InChI=1S/C11H15BrFN/c1-14(2)7-3-4-9-8-10(13)5-6-11(9)12/h5-6,8H,3-4,7H2,1-2H3. The van der Waals surface area contributed by atoms with Crippen molar-refractivity contribution in [3.63, 3.8) is 0 Å². The first kappa shape index (κ1) is 11.7. The van der Waals surface area contributed by atoms with Gasteiger partial charge in [-0.2, -0.15) is 0 Å². The molecule has 0 fully saturated rings. The third-order valence-electron chi connectivity index (χ3n) is 2.06. The zero-order valence-electron chi connectivity index (χ0n) is 8.56. The summed E-state index contributed by atoms with van der Waals surface area (Å²) in [6.07, 6.45) is 1.96. The Bertz CT molecular complexity index is 299. The molecule has 0 aliphatic carbocycles. The summed E-state index contributed by atoms with van der Waals surface area (Å²) in [7, 11) is 4.08. The summed E-state index contributed by atoms with van der Waals surface area (Å²) in [6, 6.07) is 4.83. The van der Waals surface area contributed by atoms with Crippen LogP contribution in [0.1, 0.15) is 12.0 Å². The van der Waals surface area contributed by atoms with Gasteiger partial charge in [0.15, 0.2) is 0 Å². The molecule has 0 aromatic heterocycles. The summed E-state index contributed by atoms with van der Waals surface area (Å²) in [5.41, 5.74) is 1.05. The van der Waals surface area contributed by atoms with E-state index in [4.69, 9.17) is 0 Å². The lowest BCUT2D eigenvalue weighted by Gasteiger charge is -2.09. The van der Waals surface area contributed by atoms with E-state index in [2.05, 4.69) is 20.8 Å². The zero-order valence-corrected chi connectivity index (χ0v) is 10.1. The Morgan fingerprint density at radius 3 is 2.71 bits per heavy atom. The monoisotopic (exact) mass is 259 g/mol. The first-order chi connectivity index (χ1) is 6.59. The van der Waals surface area contributed by atoms with Gasteiger partial charge >= 0.3 is 0 Å². The highest BCUT2D eigenvalue weighted by Gasteiger charge is 2.01. The van der Waals surface area contributed by atoms with Gasteiger partial charge in [0.25, 0.3) is 0 Å². The summed E-state index contributed by atoms with van der Waals surface area (Å²) < 4.78 is 13.9. The van der Waals surface area contributed by atoms with Gasteiger partial charge in [0.2, 0.25) is 0 Å². The Morgan fingerprint density at radius 2 is 2.07 bits per heavy atom. The Morgan fingerprint density at radius 1 is 1.36 bits per heavy atom. The van der Waals surface area contributed by atoms with Crippen molar-refractivity contribution in [1.29, 1.82) is 0 Å². The maximum Gasteiger partial charge on any atom is 0.123 e. The largest absolute Gasteiger partial charge is 0.309 e. The second kappa shape index (κ2) is 5.47. The normalized spacial score (nSPS) is 10.9. The van der Waals surface area contributed by atoms with Crippen LogP contribution < -0.4 is 0 Å². The smallest absolute Gasteiger partial charge is 0.123 e. The van der Waals surface area contributed by atoms with E-state index < -0.39 is 0 Å². The molecule has 3 heteroatoms. The Labute approximate surface area is 93.0 Å². The molecule has 14 heavy (non-hydrogen) atoms. The van der Waals surface area contributed by atoms with E-state index in [9.17, 15) is 4.39 Å². The van der Waals surface area contributed by atoms with E-state index in [1.165, 1.54) is 6.07 Å². The highest BCUT2D eigenvalue weighted by atomic mass is 79.9. The van der Waals surface area contributed by atoms with Crippen molar-refractivity contribution < 1.29 is 4.39 Å². The number of benzene rings is 1. The first-order valence-electron chi connectivity index (χ1n) is 4.68. The van der Waals surface area contributed by atoms with Crippen LogP contribution in [0.5, 0.6) is 0 Å². The first-order valence-corrected chi connectivity index (χ1v) is 5.47. The minimum Gasteiger partial charge on any atom is -0.309 e. The van der Waals surface area contributed by atoms with Crippen LogP contribution in [0.3, 0.4) is 0 Å². The van der Waals surface area contributed by atoms with Gasteiger partial charge in [-0.1, -0.05) is 15.9 Å². The van der Waals surface area contributed by atoms with E-state index in [0.717, 1.165) is 29.4 Å². The summed E-state index contributed by atoms with van der Waals surface area (Å²) in [6.45, 7) is 1.03. The van der Waals surface area contributed by atoms with Crippen molar-refractivity contribution >= 4 is 15.9 Å². The molecule has 0 N–H and O–H groups in total. The van der Waals surface area contributed by atoms with Gasteiger partial charge in [-0.15, -0.1) is 0 Å². The number of aryl methyl sites for hydroxylation is 1. The predicted molar refractivity (Wildman–Crippen MR) is 61.0 cm³/mol. The number of halogens is 2. The van der Waals surface area contributed by atoms with Crippen LogP contribution in [0, 0.1) is 5.82 Å². The molecule has 0 heterocycles. The number of rotatable bonds is 4. The molecule has 0 bridgehead atoms. The van der Waals surface area contributed by atoms with E-state index in [1.54, 1.807) is 12.1 Å². The molecule has 0 spiro atoms. The van der Waals surface area contributed by atoms with Crippen molar-refractivity contribution in [2.24, 2.45) is 0 Å². The number of nitrogens with zero attached hydrogens (tertiary/aromatic N) is 1. The Hall–Kier alpha value is -0.410. The fourth-order valence-corrected chi connectivity index (χ4v) is 1.77. The molecule has 1 aromatic rings. The number of hydrogen-bond donors (Lipinski definition) is 0. The SMILES string of the molecule is CN(C)CCCc1cc(F)ccc1Br. The zero-order chi connectivity index (χ0) is 10.6. The van der Waals surface area contributed by atoms with Crippen LogP contribution >= 0.6 is 15.9 Å². The van der Waals surface area contributed by atoms with Crippen LogP contribution in [-0.4, -0.2) is 25.5 Å². The molecule has 0 aliphatic rings. The van der Waals surface area contributed by atoms with Crippen LogP contribution in [0.2, 0.25) is 0 Å². The molecule has 1 nitrogen and oxygen atoms in total. The second-order valence-corrected chi connectivity index (χ2v) is 4.50. The van der Waals surface area contributed by atoms with E-state index >= 15 is 0 Å². The molecule has 0 aliphatic heterocycles. The molecule has 0 unspecified atom stereocenters. The van der Waals surface area contributed by atoms with Gasteiger partial charge in [-0.3, -0.25) is 0 Å². The lowest BCUT2D eigenvalue weighted by molar-refractivity contribution is 0.400. The summed E-state index contributed by atoms with van der Waals surface area (Å²) in [4.78, 5) is 2.13. The average molecular weight is 260 g/mol. The lowest BCUT2D eigenvalue weighted by atomic mass is 10.1. The minimum atomic E-state index is -0.159. The van der Waals surface area contributed by atoms with Crippen LogP contribution in [0.25, 0.3) is 0 Å². The van der Waals surface area contributed by atoms with Gasteiger partial charge in [0, 0.05) is 4.47 Å². The third kappa shape index (κ3) is 3.76. The predicted octanol–water partition coefficient (Wildman–Crippen LogP) is 3.08. The van der Waals surface area contributed by atoms with Crippen molar-refractivity contribution in [2.75, 3.05) is 20.6 Å². The Kier molecular flexibility index (Phi) is 4.55. The quantitative estimate of drug-likeness (QED) is 0.804. The highest BCUT2D eigenvalue weighted by Crippen LogP contribution is 2.19. The molecular formula is C11H15BrFN. The molecule has 78 valence electrons. The summed E-state index contributed by atoms with van der Waals surface area (Å²) in [5.74, 6) is -0.159. The van der Waals surface area contributed by atoms with E-state index in [0.29, 0.717) is 0 Å². The average Bonchev–Trinajstić information content (AvgIpc) is 2.10. The fourth-order valence-electron chi connectivity index (χ4n) is 1.32. The maximum absolute atomic E-state index is 12.9. The topological polar surface area (TPSA) is 3.24 Å². The number of hydrogen-bond acceptors (Lipinski definition) is 1. The van der Waals surface area contributed by atoms with Gasteiger partial charge < -0.3 is 4.90 Å². The van der Waals surface area contributed by atoms with Gasteiger partial charge in [-0.05, 0) is 57.2 Å². The van der Waals surface area contributed by atoms with E-state index in [1.807, 2.05) is 14.1 Å². The van der Waals surface area contributed by atoms with Crippen molar-refractivity contribution in [3.8, 4) is 0 Å². The third-order valence-corrected chi connectivity index (χ3v) is 2.83. The van der Waals surface area contributed by atoms with Gasteiger partial charge in [0.1, 0.15) is 5.82 Å². The van der Waals surface area contributed by atoms with Crippen LogP contribution in [0.4, 0.5) is 4.39 Å². The molecular weight excluding hydrogens is 245 g/mol. The fraction of sp³-hybridized carbons (Fsp3) is 0.455. The van der Waals surface area contributed by atoms with Crippen molar-refractivity contribution in [1.82, 2.24) is 4.90 Å². The van der Waals surface area contributed by atoms with Crippen LogP contribution in [0.15, 0.2) is 22.7 Å². The van der Waals surface area contributed by atoms with Crippen molar-refractivity contribution in [2.45, 2.75) is 12.8 Å². The molecule has 0 amide bonds. The highest BCUT2D eigenvalue weighted by molar-refractivity contribution is 9.10. The molecule has 1 rings (SSSR count). The van der Waals surface area contributed by atoms with Gasteiger partial charge in [0.05, 0.1) is 0 Å². The minimum absolute atomic E-state index is 0.159. The lowest BCUT2D eigenvalue weighted by Crippen LogP contribution is -2.13. The maximum atomic E-state index is 12.9. The van der Waals surface area contributed by atoms with Gasteiger partial charge in [-0.25, -0.2) is 4.39 Å². The molecule has 0 radical (unpaired) electrons. The van der Waals surface area contributed by atoms with Crippen molar-refractivity contribution in [3.05, 3.63) is 34.1 Å². The molecule has 0 saturated heterocycles. The molecule has 1 aromatic carbocycles. The molecule has 0 atom stereocenters. The summed E-state index contributed by atoms with van der Waals surface area (Å²) >= 11 is 3.42. The summed E-state index contributed by atoms with van der Waals surface area (Å²) in [5, 5.41) is 0. The van der Waals surface area contributed by atoms with Crippen LogP contribution in [-0.2, 0) is 6.42 Å². The van der Waals surface area contributed by atoms with E-state index in [-0.39, 0.29) is 5.82 Å². The Balaban J connectivity index is 2.53. The molecule has 0 saturated carbocycles.